The van der Waals surface area contributed by atoms with Crippen LogP contribution in [0.3, 0.4) is 0 Å². The summed E-state index contributed by atoms with van der Waals surface area (Å²) in [6.07, 6.45) is 0.795. The predicted molar refractivity (Wildman–Crippen MR) is 45.7 cm³/mol. The van der Waals surface area contributed by atoms with Crippen molar-refractivity contribution in [1.29, 1.82) is 0 Å². The van der Waals surface area contributed by atoms with E-state index in [-0.39, 0.29) is 19.0 Å². The second-order valence-corrected chi connectivity index (χ2v) is 3.43. The molecule has 0 aliphatic rings. The Bertz CT molecular complexity index is 237. The van der Waals surface area contributed by atoms with Crippen LogP contribution >= 0.6 is 11.3 Å². The summed E-state index contributed by atoms with van der Waals surface area (Å²) < 4.78 is 2.20. The number of hydrogen-bond acceptors (Lipinski definition) is 2. The largest absolute Gasteiger partial charge is 1.00 e. The van der Waals surface area contributed by atoms with Gasteiger partial charge in [-0.3, -0.25) is 0 Å². The summed E-state index contributed by atoms with van der Waals surface area (Å²) in [5, 5.41) is 8.72. The standard InChI is InChI=1S/C8H14NOS.ClH/c1-3-9-6-11-8(4-5-10)7(9)2;/h6,10H,3-5H2,1-2H3;1H/q+1;/p-1. The molecule has 0 aromatic carbocycles. The molecule has 0 fully saturated rings. The van der Waals surface area contributed by atoms with Gasteiger partial charge < -0.3 is 17.5 Å². The van der Waals surface area contributed by atoms with Gasteiger partial charge in [0.05, 0.1) is 4.88 Å². The highest BCUT2D eigenvalue weighted by molar-refractivity contribution is 7.09. The molecule has 0 bridgehead atoms. The van der Waals surface area contributed by atoms with Crippen LogP contribution in [0.4, 0.5) is 0 Å². The minimum absolute atomic E-state index is 0. The van der Waals surface area contributed by atoms with Crippen molar-refractivity contribution in [2.45, 2.75) is 26.8 Å². The molecule has 1 rings (SSSR count). The van der Waals surface area contributed by atoms with Gasteiger partial charge in [-0.25, -0.2) is 0 Å². The van der Waals surface area contributed by atoms with Gasteiger partial charge in [-0.05, 0) is 6.92 Å². The number of rotatable bonds is 3. The molecule has 0 unspecified atom stereocenters. The van der Waals surface area contributed by atoms with Crippen molar-refractivity contribution < 1.29 is 22.1 Å². The minimum atomic E-state index is 0. The van der Waals surface area contributed by atoms with E-state index in [1.54, 1.807) is 11.3 Å². The fourth-order valence-electron chi connectivity index (χ4n) is 1.10. The third-order valence-electron chi connectivity index (χ3n) is 1.84. The zero-order chi connectivity index (χ0) is 8.27. The number of aliphatic hydroxyl groups is 1. The summed E-state index contributed by atoms with van der Waals surface area (Å²) in [7, 11) is 0. The molecule has 1 N–H and O–H groups in total. The summed E-state index contributed by atoms with van der Waals surface area (Å²) in [5.74, 6) is 0. The Morgan fingerprint density at radius 1 is 1.58 bits per heavy atom. The van der Waals surface area contributed by atoms with Crippen LogP contribution in [-0.2, 0) is 13.0 Å². The van der Waals surface area contributed by atoms with Crippen molar-refractivity contribution in [1.82, 2.24) is 0 Å². The first-order chi connectivity index (χ1) is 5.29. The zero-order valence-electron chi connectivity index (χ0n) is 7.38. The van der Waals surface area contributed by atoms with Gasteiger partial charge in [0.2, 0.25) is 5.51 Å². The normalized spacial score (nSPS) is 9.58. The number of nitrogens with zero attached hydrogens (tertiary/aromatic N) is 1. The van der Waals surface area contributed by atoms with Crippen molar-refractivity contribution in [3.8, 4) is 0 Å². The minimum Gasteiger partial charge on any atom is -1.00 e. The average molecular weight is 208 g/mol. The van der Waals surface area contributed by atoms with E-state index in [9.17, 15) is 0 Å². The van der Waals surface area contributed by atoms with Crippen LogP contribution in [0.2, 0.25) is 0 Å². The van der Waals surface area contributed by atoms with Crippen LogP contribution < -0.4 is 17.0 Å². The summed E-state index contributed by atoms with van der Waals surface area (Å²) in [5.41, 5.74) is 3.41. The monoisotopic (exact) mass is 207 g/mol. The summed E-state index contributed by atoms with van der Waals surface area (Å²) in [6.45, 7) is 5.51. The number of halogens is 1. The van der Waals surface area contributed by atoms with Crippen molar-refractivity contribution in [2.24, 2.45) is 0 Å². The van der Waals surface area contributed by atoms with Gasteiger partial charge in [0.1, 0.15) is 6.54 Å². The molecule has 0 radical (unpaired) electrons. The van der Waals surface area contributed by atoms with Gasteiger partial charge >= 0.3 is 0 Å². The molecule has 1 aromatic heterocycles. The lowest BCUT2D eigenvalue weighted by atomic mass is 10.3. The summed E-state index contributed by atoms with van der Waals surface area (Å²) in [4.78, 5) is 1.30. The third-order valence-corrected chi connectivity index (χ3v) is 2.98. The second kappa shape index (κ2) is 5.51. The van der Waals surface area contributed by atoms with Gasteiger partial charge in [0, 0.05) is 20.0 Å². The predicted octanol–water partition coefficient (Wildman–Crippen LogP) is -2.10. The molecule has 0 spiro atoms. The number of aromatic nitrogens is 1. The Labute approximate surface area is 83.3 Å². The van der Waals surface area contributed by atoms with Crippen LogP contribution in [0.25, 0.3) is 0 Å². The van der Waals surface area contributed by atoms with E-state index in [2.05, 4.69) is 23.9 Å². The quantitative estimate of drug-likeness (QED) is 0.565. The molecule has 1 aromatic rings. The fraction of sp³-hybridized carbons (Fsp3) is 0.625. The summed E-state index contributed by atoms with van der Waals surface area (Å²) in [6, 6.07) is 0. The second-order valence-electron chi connectivity index (χ2n) is 2.49. The van der Waals surface area contributed by atoms with Crippen LogP contribution in [0.5, 0.6) is 0 Å². The first-order valence-corrected chi connectivity index (χ1v) is 4.74. The highest BCUT2D eigenvalue weighted by Crippen LogP contribution is 2.10. The molecule has 4 heteroatoms. The third kappa shape index (κ3) is 2.44. The van der Waals surface area contributed by atoms with Gasteiger partial charge in [-0.2, -0.15) is 4.57 Å². The number of hydrogen-bond donors (Lipinski definition) is 1. The van der Waals surface area contributed by atoms with E-state index in [1.807, 2.05) is 0 Å². The van der Waals surface area contributed by atoms with Gasteiger partial charge in [0.15, 0.2) is 5.69 Å². The van der Waals surface area contributed by atoms with E-state index in [0.29, 0.717) is 0 Å². The zero-order valence-corrected chi connectivity index (χ0v) is 8.95. The van der Waals surface area contributed by atoms with E-state index in [4.69, 9.17) is 5.11 Å². The highest BCUT2D eigenvalue weighted by Gasteiger charge is 2.11. The first-order valence-electron chi connectivity index (χ1n) is 3.86. The van der Waals surface area contributed by atoms with Gasteiger partial charge in [-0.15, -0.1) is 0 Å². The molecule has 0 amide bonds. The Balaban J connectivity index is 0.00000121. The smallest absolute Gasteiger partial charge is 0.225 e. The first kappa shape index (κ1) is 11.9. The van der Waals surface area contributed by atoms with E-state index < -0.39 is 0 Å². The lowest BCUT2D eigenvalue weighted by molar-refractivity contribution is -0.694. The van der Waals surface area contributed by atoms with Gasteiger partial charge in [0.25, 0.3) is 0 Å². The van der Waals surface area contributed by atoms with Crippen LogP contribution in [-0.4, -0.2) is 11.7 Å². The molecule has 1 heterocycles. The Morgan fingerprint density at radius 3 is 2.67 bits per heavy atom. The SMILES string of the molecule is CC[n+]1csc(CCO)c1C.[Cl-]. The van der Waals surface area contributed by atoms with E-state index >= 15 is 0 Å². The van der Waals surface area contributed by atoms with Crippen LogP contribution in [0, 0.1) is 6.92 Å². The molecular formula is C8H14ClNOS. The molecule has 12 heavy (non-hydrogen) atoms. The molecule has 0 saturated carbocycles. The van der Waals surface area contributed by atoms with Gasteiger partial charge in [-0.1, -0.05) is 11.3 Å². The molecule has 2 nitrogen and oxygen atoms in total. The van der Waals surface area contributed by atoms with Crippen molar-refractivity contribution >= 4 is 11.3 Å². The van der Waals surface area contributed by atoms with E-state index in [1.165, 1.54) is 10.6 Å². The highest BCUT2D eigenvalue weighted by atomic mass is 35.5. The Morgan fingerprint density at radius 2 is 2.25 bits per heavy atom. The number of aliphatic hydroxyl groups excluding tert-OH is 1. The van der Waals surface area contributed by atoms with Crippen molar-refractivity contribution in [2.75, 3.05) is 6.61 Å². The maximum absolute atomic E-state index is 8.72. The molecule has 0 aliphatic carbocycles. The molecule has 0 saturated heterocycles. The van der Waals surface area contributed by atoms with Crippen molar-refractivity contribution in [3.05, 3.63) is 16.1 Å². The fourth-order valence-corrected chi connectivity index (χ4v) is 2.16. The average Bonchev–Trinajstić information content (AvgIpc) is 2.34. The Kier molecular flexibility index (Phi) is 5.46. The number of thiazole rings is 1. The van der Waals surface area contributed by atoms with Crippen molar-refractivity contribution in [3.63, 3.8) is 0 Å². The molecular weight excluding hydrogens is 194 g/mol. The van der Waals surface area contributed by atoms with Crippen LogP contribution in [0.1, 0.15) is 17.5 Å². The molecule has 70 valence electrons. The lowest BCUT2D eigenvalue weighted by Gasteiger charge is -1.90. The molecule has 0 atom stereocenters. The topological polar surface area (TPSA) is 24.1 Å². The van der Waals surface area contributed by atoms with E-state index in [0.717, 1.165) is 13.0 Å². The summed E-state index contributed by atoms with van der Waals surface area (Å²) >= 11 is 1.73. The van der Waals surface area contributed by atoms with Crippen LogP contribution in [0.15, 0.2) is 5.51 Å². The maximum atomic E-state index is 8.72. The molecule has 0 aliphatic heterocycles. The maximum Gasteiger partial charge on any atom is 0.225 e. The number of aryl methyl sites for hydroxylation is 1. The lowest BCUT2D eigenvalue weighted by Crippen LogP contribution is -3.00. The Hall–Kier alpha value is -0.120.